The first-order valence-electron chi connectivity index (χ1n) is 7.08. The van der Waals surface area contributed by atoms with Crippen LogP contribution in [-0.2, 0) is 0 Å². The number of hydrogen-bond donors (Lipinski definition) is 0. The Balaban J connectivity index is 1.89. The van der Waals surface area contributed by atoms with E-state index >= 15 is 0 Å². The molecule has 1 aliphatic carbocycles. The molecule has 1 saturated carbocycles. The van der Waals surface area contributed by atoms with Crippen molar-refractivity contribution in [1.82, 2.24) is 9.97 Å². The van der Waals surface area contributed by atoms with Crippen molar-refractivity contribution < 1.29 is 4.74 Å². The van der Waals surface area contributed by atoms with Gasteiger partial charge in [-0.3, -0.25) is 0 Å². The zero-order chi connectivity index (χ0) is 13.9. The zero-order valence-corrected chi connectivity index (χ0v) is 11.5. The molecule has 0 N–H and O–H groups in total. The van der Waals surface area contributed by atoms with Gasteiger partial charge in [0.15, 0.2) is 0 Å². The molecular weight excluding hydrogens is 250 g/mol. The van der Waals surface area contributed by atoms with Crippen molar-refractivity contribution in [3.63, 3.8) is 0 Å². The minimum atomic E-state index is 0.232. The summed E-state index contributed by atoms with van der Waals surface area (Å²) in [5, 5.41) is 9.83. The molecule has 0 amide bonds. The average Bonchev–Trinajstić information content (AvgIpc) is 2.49. The highest BCUT2D eigenvalue weighted by Gasteiger charge is 2.20. The third-order valence-corrected chi connectivity index (χ3v) is 3.97. The molecule has 102 valence electrons. The number of nitrogens with zero attached hydrogens (tertiary/aromatic N) is 3. The van der Waals surface area contributed by atoms with E-state index in [1.165, 1.54) is 19.2 Å². The number of nitriles is 1. The molecule has 0 saturated heterocycles. The summed E-state index contributed by atoms with van der Waals surface area (Å²) < 4.78 is 6.06. The second-order valence-corrected chi connectivity index (χ2v) is 5.52. The zero-order valence-electron chi connectivity index (χ0n) is 11.5. The number of benzene rings is 1. The van der Waals surface area contributed by atoms with E-state index in [-0.39, 0.29) is 6.10 Å². The van der Waals surface area contributed by atoms with Crippen molar-refractivity contribution in [3.05, 3.63) is 30.1 Å². The van der Waals surface area contributed by atoms with Crippen LogP contribution in [0.1, 0.15) is 38.2 Å². The number of rotatable bonds is 2. The molecule has 1 fully saturated rings. The fourth-order valence-corrected chi connectivity index (χ4v) is 2.70. The second kappa shape index (κ2) is 5.46. The van der Waals surface area contributed by atoms with E-state index in [1.807, 2.05) is 6.07 Å². The van der Waals surface area contributed by atoms with E-state index < -0.39 is 0 Å². The van der Waals surface area contributed by atoms with Crippen LogP contribution < -0.4 is 4.74 Å². The van der Waals surface area contributed by atoms with E-state index in [0.29, 0.717) is 11.4 Å². The van der Waals surface area contributed by atoms with Gasteiger partial charge < -0.3 is 4.74 Å². The van der Waals surface area contributed by atoms with Gasteiger partial charge in [0.1, 0.15) is 12.4 Å². The molecule has 20 heavy (non-hydrogen) atoms. The first kappa shape index (κ1) is 12.9. The Hall–Kier alpha value is -2.15. The summed E-state index contributed by atoms with van der Waals surface area (Å²) in [6.45, 7) is 2.29. The molecule has 4 nitrogen and oxygen atoms in total. The number of aromatic nitrogens is 2. The SMILES string of the molecule is CC1CCC(Oc2ncnc3ccc(C#N)cc23)CC1. The van der Waals surface area contributed by atoms with Crippen LogP contribution in [0.5, 0.6) is 5.88 Å². The van der Waals surface area contributed by atoms with E-state index in [1.54, 1.807) is 12.1 Å². The molecule has 3 rings (SSSR count). The minimum Gasteiger partial charge on any atom is -0.474 e. The Bertz CT molecular complexity index is 654. The lowest BCUT2D eigenvalue weighted by atomic mass is 9.89. The van der Waals surface area contributed by atoms with Gasteiger partial charge in [-0.2, -0.15) is 5.26 Å². The van der Waals surface area contributed by atoms with Crippen LogP contribution >= 0.6 is 0 Å². The maximum Gasteiger partial charge on any atom is 0.224 e. The highest BCUT2D eigenvalue weighted by atomic mass is 16.5. The van der Waals surface area contributed by atoms with Crippen LogP contribution in [0.15, 0.2) is 24.5 Å². The van der Waals surface area contributed by atoms with E-state index in [0.717, 1.165) is 29.7 Å². The molecule has 0 unspecified atom stereocenters. The van der Waals surface area contributed by atoms with Gasteiger partial charge >= 0.3 is 0 Å². The van der Waals surface area contributed by atoms with Gasteiger partial charge in [0.2, 0.25) is 5.88 Å². The Kier molecular flexibility index (Phi) is 3.51. The van der Waals surface area contributed by atoms with E-state index in [9.17, 15) is 0 Å². The summed E-state index contributed by atoms with van der Waals surface area (Å²) in [6, 6.07) is 7.55. The van der Waals surface area contributed by atoms with Crippen LogP contribution in [0, 0.1) is 17.2 Å². The van der Waals surface area contributed by atoms with Gasteiger partial charge in [-0.1, -0.05) is 6.92 Å². The lowest BCUT2D eigenvalue weighted by Gasteiger charge is -2.26. The molecule has 0 radical (unpaired) electrons. The largest absolute Gasteiger partial charge is 0.474 e. The van der Waals surface area contributed by atoms with Gasteiger partial charge in [-0.15, -0.1) is 0 Å². The molecule has 4 heteroatoms. The lowest BCUT2D eigenvalue weighted by Crippen LogP contribution is -2.23. The van der Waals surface area contributed by atoms with Crippen molar-refractivity contribution in [2.45, 2.75) is 38.7 Å². The predicted octanol–water partition coefficient (Wildman–Crippen LogP) is 3.46. The van der Waals surface area contributed by atoms with Gasteiger partial charge in [0.25, 0.3) is 0 Å². The van der Waals surface area contributed by atoms with Crippen molar-refractivity contribution in [3.8, 4) is 11.9 Å². The first-order valence-corrected chi connectivity index (χ1v) is 7.08. The first-order chi connectivity index (χ1) is 9.76. The fraction of sp³-hybridized carbons (Fsp3) is 0.438. The summed E-state index contributed by atoms with van der Waals surface area (Å²) in [6.07, 6.45) is 6.31. The summed E-state index contributed by atoms with van der Waals surface area (Å²) in [5.41, 5.74) is 1.42. The van der Waals surface area contributed by atoms with E-state index in [2.05, 4.69) is 23.0 Å². The Labute approximate surface area is 118 Å². The standard InChI is InChI=1S/C16H17N3O/c1-11-2-5-13(6-3-11)20-16-14-8-12(9-17)4-7-15(14)18-10-19-16/h4,7-8,10-11,13H,2-3,5-6H2,1H3. The van der Waals surface area contributed by atoms with Crippen LogP contribution in [-0.4, -0.2) is 16.1 Å². The van der Waals surface area contributed by atoms with Gasteiger partial charge in [-0.05, 0) is 49.8 Å². The summed E-state index contributed by atoms with van der Waals surface area (Å²) in [5.74, 6) is 1.40. The molecule has 0 atom stereocenters. The second-order valence-electron chi connectivity index (χ2n) is 5.52. The van der Waals surface area contributed by atoms with Crippen molar-refractivity contribution >= 4 is 10.9 Å². The Morgan fingerprint density at radius 3 is 2.75 bits per heavy atom. The van der Waals surface area contributed by atoms with Crippen LogP contribution in [0.4, 0.5) is 0 Å². The Morgan fingerprint density at radius 1 is 1.20 bits per heavy atom. The summed E-state index contributed by atoms with van der Waals surface area (Å²) >= 11 is 0. The van der Waals surface area contributed by atoms with Crippen molar-refractivity contribution in [1.29, 1.82) is 5.26 Å². The molecule has 0 aliphatic heterocycles. The quantitative estimate of drug-likeness (QED) is 0.836. The van der Waals surface area contributed by atoms with Crippen molar-refractivity contribution in [2.75, 3.05) is 0 Å². The molecule has 1 aliphatic rings. The molecule has 1 heterocycles. The molecular formula is C16H17N3O. The van der Waals surface area contributed by atoms with E-state index in [4.69, 9.17) is 10.00 Å². The van der Waals surface area contributed by atoms with Crippen LogP contribution in [0.3, 0.4) is 0 Å². The smallest absolute Gasteiger partial charge is 0.224 e. The summed E-state index contributed by atoms with van der Waals surface area (Å²) in [7, 11) is 0. The number of fused-ring (bicyclic) bond motifs is 1. The molecule has 1 aromatic heterocycles. The fourth-order valence-electron chi connectivity index (χ4n) is 2.70. The lowest BCUT2D eigenvalue weighted by molar-refractivity contribution is 0.132. The average molecular weight is 267 g/mol. The molecule has 0 spiro atoms. The van der Waals surface area contributed by atoms with Gasteiger partial charge in [0, 0.05) is 0 Å². The topological polar surface area (TPSA) is 58.8 Å². The van der Waals surface area contributed by atoms with Crippen LogP contribution in [0.2, 0.25) is 0 Å². The maximum absolute atomic E-state index is 9.01. The molecule has 0 bridgehead atoms. The predicted molar refractivity (Wildman–Crippen MR) is 76.3 cm³/mol. The highest BCUT2D eigenvalue weighted by molar-refractivity contribution is 5.84. The number of ether oxygens (including phenoxy) is 1. The van der Waals surface area contributed by atoms with Crippen molar-refractivity contribution in [2.24, 2.45) is 5.92 Å². The third-order valence-electron chi connectivity index (χ3n) is 3.97. The Morgan fingerprint density at radius 2 is 2.00 bits per heavy atom. The highest BCUT2D eigenvalue weighted by Crippen LogP contribution is 2.29. The minimum absolute atomic E-state index is 0.232. The third kappa shape index (κ3) is 2.57. The molecule has 2 aromatic rings. The van der Waals surface area contributed by atoms with Crippen LogP contribution in [0.25, 0.3) is 10.9 Å². The van der Waals surface area contributed by atoms with Gasteiger partial charge in [-0.25, -0.2) is 9.97 Å². The normalized spacial score (nSPS) is 22.4. The van der Waals surface area contributed by atoms with Gasteiger partial charge in [0.05, 0.1) is 22.5 Å². The number of hydrogen-bond acceptors (Lipinski definition) is 4. The summed E-state index contributed by atoms with van der Waals surface area (Å²) in [4.78, 5) is 8.47. The molecule has 1 aromatic carbocycles. The monoisotopic (exact) mass is 267 g/mol. The maximum atomic E-state index is 9.01.